The van der Waals surface area contributed by atoms with Gasteiger partial charge in [0, 0.05) is 0 Å². The van der Waals surface area contributed by atoms with Gasteiger partial charge in [-0.05, 0) is 38.8 Å². The molecule has 1 atom stereocenters. The van der Waals surface area contributed by atoms with Gasteiger partial charge in [0.1, 0.15) is 0 Å². The summed E-state index contributed by atoms with van der Waals surface area (Å²) in [4.78, 5) is 9.38. The molecule has 1 heterocycles. The van der Waals surface area contributed by atoms with Gasteiger partial charge < -0.3 is 14.7 Å². The van der Waals surface area contributed by atoms with Crippen molar-refractivity contribution in [2.24, 2.45) is 5.92 Å². The van der Waals surface area contributed by atoms with Gasteiger partial charge in [-0.15, -0.1) is 0 Å². The Bertz CT molecular complexity index is 192. The summed E-state index contributed by atoms with van der Waals surface area (Å²) in [6.45, 7) is 3.97. The van der Waals surface area contributed by atoms with Crippen molar-refractivity contribution >= 4 is 7.60 Å². The first kappa shape index (κ1) is 11.2. The molecule has 0 spiro atoms. The van der Waals surface area contributed by atoms with E-state index in [4.69, 9.17) is 4.52 Å². The Morgan fingerprint density at radius 1 is 1.54 bits per heavy atom. The van der Waals surface area contributed by atoms with E-state index in [0.29, 0.717) is 18.7 Å². The maximum absolute atomic E-state index is 11.4. The van der Waals surface area contributed by atoms with Crippen molar-refractivity contribution in [3.05, 3.63) is 0 Å². The third-order valence-electron chi connectivity index (χ3n) is 2.28. The lowest BCUT2D eigenvalue weighted by molar-refractivity contribution is 0.262. The number of hydrogen-bond donors (Lipinski definition) is 2. The predicted molar refractivity (Wildman–Crippen MR) is 51.9 cm³/mol. The molecule has 1 rings (SSSR count). The van der Waals surface area contributed by atoms with Crippen molar-refractivity contribution < 1.29 is 14.0 Å². The Morgan fingerprint density at radius 3 is 2.69 bits per heavy atom. The molecule has 1 unspecified atom stereocenters. The Labute approximate surface area is 79.2 Å². The Kier molecular flexibility index (Phi) is 4.39. The Balaban J connectivity index is 2.32. The quantitative estimate of drug-likeness (QED) is 0.680. The van der Waals surface area contributed by atoms with Gasteiger partial charge in [-0.3, -0.25) is 4.57 Å². The van der Waals surface area contributed by atoms with Gasteiger partial charge in [0.05, 0.1) is 12.8 Å². The molecule has 0 bridgehead atoms. The second-order valence-corrected chi connectivity index (χ2v) is 5.33. The minimum Gasteiger partial charge on any atom is -0.324 e. The van der Waals surface area contributed by atoms with Crippen molar-refractivity contribution in [1.82, 2.24) is 5.32 Å². The van der Waals surface area contributed by atoms with Gasteiger partial charge in [-0.1, -0.05) is 0 Å². The van der Waals surface area contributed by atoms with Crippen LogP contribution in [-0.2, 0) is 9.09 Å². The highest BCUT2D eigenvalue weighted by Gasteiger charge is 2.25. The first-order valence-electron chi connectivity index (χ1n) is 4.81. The molecule has 1 aliphatic rings. The summed E-state index contributed by atoms with van der Waals surface area (Å²) < 4.78 is 16.2. The average molecular weight is 207 g/mol. The van der Waals surface area contributed by atoms with Crippen LogP contribution in [0.4, 0.5) is 0 Å². The molecule has 78 valence electrons. The van der Waals surface area contributed by atoms with E-state index >= 15 is 0 Å². The number of rotatable bonds is 4. The van der Waals surface area contributed by atoms with Crippen molar-refractivity contribution in [3.8, 4) is 0 Å². The summed E-state index contributed by atoms with van der Waals surface area (Å²) >= 11 is 0. The highest BCUT2D eigenvalue weighted by atomic mass is 31.2. The van der Waals surface area contributed by atoms with Crippen LogP contribution in [0, 0.1) is 5.92 Å². The molecule has 5 heteroatoms. The van der Waals surface area contributed by atoms with Gasteiger partial charge in [0.25, 0.3) is 0 Å². The van der Waals surface area contributed by atoms with Crippen LogP contribution in [0.5, 0.6) is 0 Å². The van der Waals surface area contributed by atoms with Gasteiger partial charge >= 0.3 is 7.60 Å². The lowest BCUT2D eigenvalue weighted by Gasteiger charge is -2.24. The summed E-state index contributed by atoms with van der Waals surface area (Å²) in [5, 5.41) is 3.22. The van der Waals surface area contributed by atoms with Gasteiger partial charge in [-0.2, -0.15) is 0 Å². The van der Waals surface area contributed by atoms with Crippen molar-refractivity contribution in [2.75, 3.05) is 25.9 Å². The molecule has 4 nitrogen and oxygen atoms in total. The first-order chi connectivity index (χ1) is 6.14. The molecule has 1 saturated heterocycles. The van der Waals surface area contributed by atoms with Crippen LogP contribution in [0.3, 0.4) is 0 Å². The van der Waals surface area contributed by atoms with E-state index < -0.39 is 7.60 Å². The predicted octanol–water partition coefficient (Wildman–Crippen LogP) is 1.21. The molecular formula is C8H18NO3P. The highest BCUT2D eigenvalue weighted by molar-refractivity contribution is 7.52. The van der Waals surface area contributed by atoms with Crippen molar-refractivity contribution in [2.45, 2.75) is 19.8 Å². The zero-order valence-corrected chi connectivity index (χ0v) is 8.93. The Morgan fingerprint density at radius 2 is 2.15 bits per heavy atom. The zero-order chi connectivity index (χ0) is 9.73. The largest absolute Gasteiger partial charge is 0.328 e. The van der Waals surface area contributed by atoms with E-state index in [2.05, 4.69) is 5.32 Å². The van der Waals surface area contributed by atoms with Gasteiger partial charge in [-0.25, -0.2) is 0 Å². The molecule has 0 amide bonds. The number of hydrogen-bond acceptors (Lipinski definition) is 3. The molecule has 1 fully saturated rings. The zero-order valence-electron chi connectivity index (χ0n) is 8.03. The number of piperidine rings is 1. The first-order valence-corrected chi connectivity index (χ1v) is 6.57. The average Bonchev–Trinajstić information content (AvgIpc) is 2.04. The third kappa shape index (κ3) is 4.23. The SMILES string of the molecule is CCOP(=O)(O)CC1CCNCC1. The summed E-state index contributed by atoms with van der Waals surface area (Å²) in [5.41, 5.74) is 0. The minimum atomic E-state index is -3.29. The number of nitrogens with one attached hydrogen (secondary N) is 1. The van der Waals surface area contributed by atoms with Gasteiger partial charge in [0.2, 0.25) is 0 Å². The topological polar surface area (TPSA) is 58.6 Å². The molecule has 1 aliphatic heterocycles. The molecule has 0 aromatic carbocycles. The molecule has 2 N–H and O–H groups in total. The molecule has 0 radical (unpaired) electrons. The fraction of sp³-hybridized carbons (Fsp3) is 1.00. The van der Waals surface area contributed by atoms with Crippen LogP contribution in [0.25, 0.3) is 0 Å². The molecule has 0 aromatic rings. The van der Waals surface area contributed by atoms with Crippen LogP contribution < -0.4 is 5.32 Å². The van der Waals surface area contributed by atoms with E-state index in [1.165, 1.54) is 0 Å². The standard InChI is InChI=1S/C8H18NO3P/c1-2-12-13(10,11)7-8-3-5-9-6-4-8/h8-9H,2-7H2,1H3,(H,10,11). The van der Waals surface area contributed by atoms with Crippen LogP contribution >= 0.6 is 7.60 Å². The van der Waals surface area contributed by atoms with Crippen LogP contribution in [-0.4, -0.2) is 30.8 Å². The van der Waals surface area contributed by atoms with Crippen molar-refractivity contribution in [1.29, 1.82) is 0 Å². The van der Waals surface area contributed by atoms with E-state index in [9.17, 15) is 9.46 Å². The monoisotopic (exact) mass is 207 g/mol. The van der Waals surface area contributed by atoms with Crippen molar-refractivity contribution in [3.63, 3.8) is 0 Å². The molecule has 0 aromatic heterocycles. The lowest BCUT2D eigenvalue weighted by atomic mass is 10.0. The van der Waals surface area contributed by atoms with Crippen LogP contribution in [0.1, 0.15) is 19.8 Å². The van der Waals surface area contributed by atoms with Crippen LogP contribution in [0.15, 0.2) is 0 Å². The fourth-order valence-electron chi connectivity index (χ4n) is 1.65. The summed E-state index contributed by atoms with van der Waals surface area (Å²) in [7, 11) is -3.29. The molecule has 0 saturated carbocycles. The Hall–Kier alpha value is 0.110. The summed E-state index contributed by atoms with van der Waals surface area (Å²) in [6.07, 6.45) is 2.29. The lowest BCUT2D eigenvalue weighted by Crippen LogP contribution is -2.29. The van der Waals surface area contributed by atoms with Crippen LogP contribution in [0.2, 0.25) is 0 Å². The molecule has 0 aliphatic carbocycles. The van der Waals surface area contributed by atoms with E-state index in [1.807, 2.05) is 0 Å². The molecular weight excluding hydrogens is 189 g/mol. The minimum absolute atomic E-state index is 0.318. The molecule has 13 heavy (non-hydrogen) atoms. The van der Waals surface area contributed by atoms with E-state index in [-0.39, 0.29) is 0 Å². The fourth-order valence-corrected chi connectivity index (χ4v) is 3.17. The highest BCUT2D eigenvalue weighted by Crippen LogP contribution is 2.44. The smallest absolute Gasteiger partial charge is 0.324 e. The maximum atomic E-state index is 11.4. The van der Waals surface area contributed by atoms with Gasteiger partial charge in [0.15, 0.2) is 0 Å². The summed E-state index contributed by atoms with van der Waals surface area (Å²) in [6, 6.07) is 0. The maximum Gasteiger partial charge on any atom is 0.328 e. The van der Waals surface area contributed by atoms with E-state index in [1.54, 1.807) is 6.92 Å². The van der Waals surface area contributed by atoms with E-state index in [0.717, 1.165) is 25.9 Å². The second-order valence-electron chi connectivity index (χ2n) is 3.43. The normalized spacial score (nSPS) is 24.2. The third-order valence-corrected chi connectivity index (χ3v) is 3.92. The summed E-state index contributed by atoms with van der Waals surface area (Å²) in [5.74, 6) is 0.351. The second kappa shape index (κ2) is 5.11.